The summed E-state index contributed by atoms with van der Waals surface area (Å²) >= 11 is 0. The third-order valence-corrected chi connectivity index (χ3v) is 2.61. The number of hydrogen-bond donors (Lipinski definition) is 0. The van der Waals surface area contributed by atoms with Crippen LogP contribution in [-0.4, -0.2) is 42.0 Å². The summed E-state index contributed by atoms with van der Waals surface area (Å²) in [6, 6.07) is 3.93. The zero-order valence-corrected chi connectivity index (χ0v) is 9.97. The van der Waals surface area contributed by atoms with Crippen molar-refractivity contribution in [3.8, 4) is 5.75 Å². The van der Waals surface area contributed by atoms with Crippen molar-refractivity contribution in [1.82, 2.24) is 14.3 Å². The molecule has 0 saturated heterocycles. The number of aromatic nitrogens is 2. The molecule has 4 nitrogen and oxygen atoms in total. The first-order valence-corrected chi connectivity index (χ1v) is 5.36. The number of methoxy groups -OCH3 is 1. The average molecular weight is 219 g/mol. The maximum atomic E-state index is 5.30. The molecule has 0 aliphatic carbocycles. The first kappa shape index (κ1) is 11.0. The minimum atomic E-state index is 0.867. The Morgan fingerprint density at radius 3 is 2.94 bits per heavy atom. The van der Waals surface area contributed by atoms with Crippen molar-refractivity contribution in [2.24, 2.45) is 0 Å². The Morgan fingerprint density at radius 1 is 1.44 bits per heavy atom. The van der Waals surface area contributed by atoms with E-state index >= 15 is 0 Å². The van der Waals surface area contributed by atoms with Crippen LogP contribution >= 0.6 is 0 Å². The lowest BCUT2D eigenvalue weighted by Crippen LogP contribution is -2.16. The average Bonchev–Trinajstić information content (AvgIpc) is 2.69. The number of nitrogens with zero attached hydrogens (tertiary/aromatic N) is 3. The first-order chi connectivity index (χ1) is 7.72. The van der Waals surface area contributed by atoms with Gasteiger partial charge in [0, 0.05) is 19.2 Å². The monoisotopic (exact) mass is 219 g/mol. The highest BCUT2D eigenvalue weighted by Crippen LogP contribution is 2.19. The fourth-order valence-electron chi connectivity index (χ4n) is 1.73. The molecule has 0 bridgehead atoms. The van der Waals surface area contributed by atoms with E-state index in [4.69, 9.17) is 4.74 Å². The highest BCUT2D eigenvalue weighted by molar-refractivity contribution is 5.59. The van der Waals surface area contributed by atoms with E-state index in [9.17, 15) is 0 Å². The van der Waals surface area contributed by atoms with E-state index in [1.807, 2.05) is 24.5 Å². The molecule has 0 fully saturated rings. The molecule has 86 valence electrons. The molecule has 0 radical (unpaired) electrons. The molecule has 0 unspecified atom stereocenters. The second kappa shape index (κ2) is 4.53. The predicted octanol–water partition coefficient (Wildman–Crippen LogP) is 1.45. The van der Waals surface area contributed by atoms with Crippen LogP contribution in [-0.2, 0) is 6.42 Å². The van der Waals surface area contributed by atoms with Crippen LogP contribution in [0.25, 0.3) is 5.52 Å². The van der Waals surface area contributed by atoms with Crippen LogP contribution in [0.2, 0.25) is 0 Å². The van der Waals surface area contributed by atoms with Crippen LogP contribution < -0.4 is 4.74 Å². The van der Waals surface area contributed by atoms with Crippen molar-refractivity contribution in [2.75, 3.05) is 27.7 Å². The van der Waals surface area contributed by atoms with Gasteiger partial charge in [-0.1, -0.05) is 0 Å². The molecule has 2 aromatic rings. The SMILES string of the molecule is COc1cccn2c(CCN(C)C)ncc12. The van der Waals surface area contributed by atoms with E-state index in [-0.39, 0.29) is 0 Å². The Morgan fingerprint density at radius 2 is 2.25 bits per heavy atom. The van der Waals surface area contributed by atoms with Gasteiger partial charge in [-0.15, -0.1) is 0 Å². The molecule has 2 heterocycles. The van der Waals surface area contributed by atoms with Gasteiger partial charge < -0.3 is 14.0 Å². The van der Waals surface area contributed by atoms with E-state index in [2.05, 4.69) is 28.4 Å². The van der Waals surface area contributed by atoms with Crippen molar-refractivity contribution in [2.45, 2.75) is 6.42 Å². The second-order valence-electron chi connectivity index (χ2n) is 4.06. The largest absolute Gasteiger partial charge is 0.494 e. The van der Waals surface area contributed by atoms with E-state index in [1.54, 1.807) is 7.11 Å². The van der Waals surface area contributed by atoms with Crippen molar-refractivity contribution < 1.29 is 4.74 Å². The van der Waals surface area contributed by atoms with E-state index < -0.39 is 0 Å². The molecule has 0 N–H and O–H groups in total. The Bertz CT molecular complexity index is 476. The maximum Gasteiger partial charge on any atom is 0.144 e. The number of rotatable bonds is 4. The zero-order valence-electron chi connectivity index (χ0n) is 9.97. The standard InChI is InChI=1S/C12H17N3O/c1-14(2)8-6-12-13-9-10-11(16-3)5-4-7-15(10)12/h4-5,7,9H,6,8H2,1-3H3. The number of fused-ring (bicyclic) bond motifs is 1. The van der Waals surface area contributed by atoms with Crippen LogP contribution in [0.3, 0.4) is 0 Å². The number of pyridine rings is 1. The van der Waals surface area contributed by atoms with Crippen LogP contribution in [0.1, 0.15) is 5.82 Å². The van der Waals surface area contributed by atoms with Crippen LogP contribution in [0.15, 0.2) is 24.5 Å². The molecule has 0 spiro atoms. The summed E-state index contributed by atoms with van der Waals surface area (Å²) in [4.78, 5) is 6.59. The van der Waals surface area contributed by atoms with Gasteiger partial charge in [-0.3, -0.25) is 0 Å². The Labute approximate surface area is 95.5 Å². The molecule has 0 atom stereocenters. The molecule has 0 aliphatic rings. The third kappa shape index (κ3) is 2.02. The molecular formula is C12H17N3O. The van der Waals surface area contributed by atoms with Gasteiger partial charge in [0.25, 0.3) is 0 Å². The quantitative estimate of drug-likeness (QED) is 0.779. The van der Waals surface area contributed by atoms with Gasteiger partial charge in [-0.05, 0) is 26.2 Å². The van der Waals surface area contributed by atoms with Crippen molar-refractivity contribution in [1.29, 1.82) is 0 Å². The molecule has 16 heavy (non-hydrogen) atoms. The first-order valence-electron chi connectivity index (χ1n) is 5.36. The van der Waals surface area contributed by atoms with Gasteiger partial charge in [0.05, 0.1) is 13.3 Å². The van der Waals surface area contributed by atoms with Crippen LogP contribution in [0.5, 0.6) is 5.75 Å². The Kier molecular flexibility index (Phi) is 3.10. The lowest BCUT2D eigenvalue weighted by molar-refractivity contribution is 0.408. The summed E-state index contributed by atoms with van der Waals surface area (Å²) in [5.74, 6) is 1.94. The number of ether oxygens (including phenoxy) is 1. The minimum Gasteiger partial charge on any atom is -0.494 e. The van der Waals surface area contributed by atoms with Crippen LogP contribution in [0, 0.1) is 0 Å². The molecule has 0 amide bonds. The topological polar surface area (TPSA) is 29.8 Å². The summed E-state index contributed by atoms with van der Waals surface area (Å²) in [6.45, 7) is 0.996. The van der Waals surface area contributed by atoms with Gasteiger partial charge in [-0.25, -0.2) is 4.98 Å². The summed E-state index contributed by atoms with van der Waals surface area (Å²) in [5.41, 5.74) is 1.03. The van der Waals surface area contributed by atoms with Gasteiger partial charge in [0.2, 0.25) is 0 Å². The second-order valence-corrected chi connectivity index (χ2v) is 4.06. The van der Waals surface area contributed by atoms with Crippen molar-refractivity contribution in [3.63, 3.8) is 0 Å². The molecule has 2 rings (SSSR count). The fourth-order valence-corrected chi connectivity index (χ4v) is 1.73. The Hall–Kier alpha value is -1.55. The maximum absolute atomic E-state index is 5.30. The lowest BCUT2D eigenvalue weighted by atomic mass is 10.3. The van der Waals surface area contributed by atoms with Crippen molar-refractivity contribution >= 4 is 5.52 Å². The van der Waals surface area contributed by atoms with Gasteiger partial charge in [0.15, 0.2) is 0 Å². The van der Waals surface area contributed by atoms with Crippen LogP contribution in [0.4, 0.5) is 0 Å². The smallest absolute Gasteiger partial charge is 0.144 e. The van der Waals surface area contributed by atoms with Gasteiger partial charge in [0.1, 0.15) is 17.1 Å². The number of imidazole rings is 1. The van der Waals surface area contributed by atoms with Crippen molar-refractivity contribution in [3.05, 3.63) is 30.4 Å². The fraction of sp³-hybridized carbons (Fsp3) is 0.417. The van der Waals surface area contributed by atoms with E-state index in [0.29, 0.717) is 0 Å². The minimum absolute atomic E-state index is 0.867. The molecular weight excluding hydrogens is 202 g/mol. The molecule has 4 heteroatoms. The molecule has 0 saturated carbocycles. The van der Waals surface area contributed by atoms with E-state index in [1.165, 1.54) is 0 Å². The highest BCUT2D eigenvalue weighted by atomic mass is 16.5. The zero-order chi connectivity index (χ0) is 11.5. The summed E-state index contributed by atoms with van der Waals surface area (Å²) in [6.07, 6.45) is 4.83. The van der Waals surface area contributed by atoms with Gasteiger partial charge >= 0.3 is 0 Å². The number of hydrogen-bond acceptors (Lipinski definition) is 3. The van der Waals surface area contributed by atoms with Gasteiger partial charge in [-0.2, -0.15) is 0 Å². The lowest BCUT2D eigenvalue weighted by Gasteiger charge is -2.08. The summed E-state index contributed by atoms with van der Waals surface area (Å²) < 4.78 is 7.38. The summed E-state index contributed by atoms with van der Waals surface area (Å²) in [7, 11) is 5.81. The highest BCUT2D eigenvalue weighted by Gasteiger charge is 2.07. The predicted molar refractivity (Wildman–Crippen MR) is 64.0 cm³/mol. The molecule has 2 aromatic heterocycles. The van der Waals surface area contributed by atoms with E-state index in [0.717, 1.165) is 30.1 Å². The summed E-state index contributed by atoms with van der Waals surface area (Å²) in [5, 5.41) is 0. The Balaban J connectivity index is 2.34. The molecule has 0 aromatic carbocycles. The molecule has 0 aliphatic heterocycles. The number of likely N-dealkylation sites (N-methyl/N-ethyl adjacent to an activating group) is 1. The third-order valence-electron chi connectivity index (χ3n) is 2.61. The normalized spacial score (nSPS) is 11.2.